The van der Waals surface area contributed by atoms with Crippen LogP contribution in [0.25, 0.3) is 0 Å². The van der Waals surface area contributed by atoms with Gasteiger partial charge in [-0.1, -0.05) is 35.9 Å². The molecule has 0 spiro atoms. The maximum absolute atomic E-state index is 12.6. The van der Waals surface area contributed by atoms with Crippen LogP contribution in [-0.2, 0) is 17.9 Å². The molecule has 0 radical (unpaired) electrons. The van der Waals surface area contributed by atoms with Crippen molar-refractivity contribution in [1.82, 2.24) is 5.32 Å². The van der Waals surface area contributed by atoms with Crippen LogP contribution in [0.4, 0.5) is 0 Å². The van der Waals surface area contributed by atoms with Gasteiger partial charge >= 0.3 is 0 Å². The molecule has 0 unspecified atom stereocenters. The molecule has 0 saturated carbocycles. The summed E-state index contributed by atoms with van der Waals surface area (Å²) in [5, 5.41) is 3.50. The molecule has 0 fully saturated rings. The molecule has 3 aromatic carbocycles. The van der Waals surface area contributed by atoms with Crippen LogP contribution in [0, 0.1) is 0 Å². The Morgan fingerprint density at radius 1 is 0.938 bits per heavy atom. The zero-order valence-electron chi connectivity index (χ0n) is 17.5. The largest absolute Gasteiger partial charge is 0.493 e. The number of carbonyl (C=O) groups excluding carboxylic acids is 2. The first-order valence-corrected chi connectivity index (χ1v) is 10.2. The van der Waals surface area contributed by atoms with Crippen LogP contribution in [-0.4, -0.2) is 25.5 Å². The molecule has 7 nitrogen and oxygen atoms in total. The van der Waals surface area contributed by atoms with Gasteiger partial charge in [-0.3, -0.25) is 9.59 Å². The van der Waals surface area contributed by atoms with Crippen molar-refractivity contribution < 1.29 is 23.8 Å². The zero-order chi connectivity index (χ0) is 22.9. The topological polar surface area (TPSA) is 99.9 Å². The van der Waals surface area contributed by atoms with Crippen molar-refractivity contribution in [3.05, 3.63) is 88.4 Å². The molecule has 8 heteroatoms. The quantitative estimate of drug-likeness (QED) is 0.486. The first-order valence-electron chi connectivity index (χ1n) is 9.78. The SMILES string of the molecule is COc1cc(CNC(=O)c2cccc(OCc3cccc(Cl)c3)c2)ccc1OCC(N)=O. The van der Waals surface area contributed by atoms with Crippen LogP contribution >= 0.6 is 11.6 Å². The van der Waals surface area contributed by atoms with E-state index in [1.807, 2.05) is 18.2 Å². The molecule has 3 rings (SSSR count). The number of hydrogen-bond donors (Lipinski definition) is 2. The first-order chi connectivity index (χ1) is 15.4. The van der Waals surface area contributed by atoms with Gasteiger partial charge in [0.1, 0.15) is 12.4 Å². The fraction of sp³-hybridized carbons (Fsp3) is 0.167. The lowest BCUT2D eigenvalue weighted by atomic mass is 10.1. The molecule has 166 valence electrons. The first kappa shape index (κ1) is 23.0. The number of carbonyl (C=O) groups is 2. The summed E-state index contributed by atoms with van der Waals surface area (Å²) in [6.45, 7) is 0.372. The fourth-order valence-corrected chi connectivity index (χ4v) is 3.11. The van der Waals surface area contributed by atoms with Crippen LogP contribution in [0.3, 0.4) is 0 Å². The van der Waals surface area contributed by atoms with Gasteiger partial charge in [0.2, 0.25) is 0 Å². The summed E-state index contributed by atoms with van der Waals surface area (Å²) in [7, 11) is 1.49. The Morgan fingerprint density at radius 2 is 1.75 bits per heavy atom. The fourth-order valence-electron chi connectivity index (χ4n) is 2.90. The van der Waals surface area contributed by atoms with Gasteiger partial charge in [-0.05, 0) is 53.6 Å². The molecule has 0 heterocycles. The van der Waals surface area contributed by atoms with Crippen molar-refractivity contribution in [2.24, 2.45) is 5.73 Å². The summed E-state index contributed by atoms with van der Waals surface area (Å²) in [4.78, 5) is 23.5. The minimum Gasteiger partial charge on any atom is -0.493 e. The number of nitrogens with one attached hydrogen (secondary N) is 1. The molecular formula is C24H23ClN2O5. The van der Waals surface area contributed by atoms with Gasteiger partial charge in [0.05, 0.1) is 7.11 Å². The Kier molecular flexibility index (Phi) is 7.94. The smallest absolute Gasteiger partial charge is 0.255 e. The number of nitrogens with two attached hydrogens (primary N) is 1. The molecule has 3 N–H and O–H groups in total. The Bertz CT molecular complexity index is 1100. The summed E-state index contributed by atoms with van der Waals surface area (Å²) >= 11 is 5.99. The van der Waals surface area contributed by atoms with Crippen LogP contribution < -0.4 is 25.3 Å². The van der Waals surface area contributed by atoms with E-state index in [1.165, 1.54) is 7.11 Å². The predicted molar refractivity (Wildman–Crippen MR) is 121 cm³/mol. The van der Waals surface area contributed by atoms with Gasteiger partial charge < -0.3 is 25.3 Å². The number of methoxy groups -OCH3 is 1. The highest BCUT2D eigenvalue weighted by molar-refractivity contribution is 6.30. The van der Waals surface area contributed by atoms with E-state index in [0.29, 0.717) is 34.4 Å². The van der Waals surface area contributed by atoms with Crippen molar-refractivity contribution in [3.8, 4) is 17.2 Å². The van der Waals surface area contributed by atoms with Gasteiger partial charge in [-0.15, -0.1) is 0 Å². The second-order valence-electron chi connectivity index (χ2n) is 6.87. The zero-order valence-corrected chi connectivity index (χ0v) is 18.2. The van der Waals surface area contributed by atoms with E-state index >= 15 is 0 Å². The number of hydrogen-bond acceptors (Lipinski definition) is 5. The summed E-state index contributed by atoms with van der Waals surface area (Å²) in [5.41, 5.74) is 7.31. The molecule has 32 heavy (non-hydrogen) atoms. The standard InChI is InChI=1S/C24H23ClN2O5/c1-30-22-11-16(8-9-21(22)32-15-23(26)28)13-27-24(29)18-5-3-7-20(12-18)31-14-17-4-2-6-19(25)10-17/h2-12H,13-15H2,1H3,(H2,26,28)(H,27,29). The van der Waals surface area contributed by atoms with Crippen molar-refractivity contribution in [1.29, 1.82) is 0 Å². The highest BCUT2D eigenvalue weighted by Crippen LogP contribution is 2.28. The van der Waals surface area contributed by atoms with E-state index in [9.17, 15) is 9.59 Å². The molecule has 0 bridgehead atoms. The Morgan fingerprint density at radius 3 is 2.50 bits per heavy atom. The highest BCUT2D eigenvalue weighted by Gasteiger charge is 2.10. The average molecular weight is 455 g/mol. The number of primary amides is 1. The molecule has 0 saturated heterocycles. The number of rotatable bonds is 10. The van der Waals surface area contributed by atoms with Crippen LogP contribution in [0.1, 0.15) is 21.5 Å². The molecule has 0 aliphatic heterocycles. The second kappa shape index (κ2) is 11.1. The maximum Gasteiger partial charge on any atom is 0.255 e. The van der Waals surface area contributed by atoms with E-state index in [2.05, 4.69) is 5.32 Å². The molecule has 0 aliphatic rings. The van der Waals surface area contributed by atoms with Crippen LogP contribution in [0.15, 0.2) is 66.7 Å². The monoisotopic (exact) mass is 454 g/mol. The lowest BCUT2D eigenvalue weighted by molar-refractivity contribution is -0.119. The van der Waals surface area contributed by atoms with E-state index in [0.717, 1.165) is 11.1 Å². The number of benzene rings is 3. The van der Waals surface area contributed by atoms with Gasteiger partial charge in [-0.25, -0.2) is 0 Å². The van der Waals surface area contributed by atoms with Crippen molar-refractivity contribution >= 4 is 23.4 Å². The van der Waals surface area contributed by atoms with Gasteiger partial charge in [-0.2, -0.15) is 0 Å². The third kappa shape index (κ3) is 6.65. The maximum atomic E-state index is 12.6. The summed E-state index contributed by atoms with van der Waals surface area (Å²) in [6.07, 6.45) is 0. The Labute approximate surface area is 191 Å². The number of halogens is 1. The predicted octanol–water partition coefficient (Wildman–Crippen LogP) is 3.72. The summed E-state index contributed by atoms with van der Waals surface area (Å²) in [6, 6.07) is 19.5. The van der Waals surface area contributed by atoms with Gasteiger partial charge in [0.25, 0.3) is 11.8 Å². The third-order valence-electron chi connectivity index (χ3n) is 4.44. The van der Waals surface area contributed by atoms with Crippen LogP contribution in [0.2, 0.25) is 5.02 Å². The lowest BCUT2D eigenvalue weighted by Gasteiger charge is -2.12. The molecule has 0 aromatic heterocycles. The Balaban J connectivity index is 1.59. The van der Waals surface area contributed by atoms with Gasteiger partial charge in [0, 0.05) is 17.1 Å². The van der Waals surface area contributed by atoms with Crippen molar-refractivity contribution in [2.75, 3.05) is 13.7 Å². The van der Waals surface area contributed by atoms with E-state index in [4.69, 9.17) is 31.5 Å². The molecular weight excluding hydrogens is 432 g/mol. The highest BCUT2D eigenvalue weighted by atomic mass is 35.5. The molecule has 0 aliphatic carbocycles. The van der Waals surface area contributed by atoms with Gasteiger partial charge in [0.15, 0.2) is 18.1 Å². The lowest BCUT2D eigenvalue weighted by Crippen LogP contribution is -2.23. The Hall–Kier alpha value is -3.71. The third-order valence-corrected chi connectivity index (χ3v) is 4.68. The minimum atomic E-state index is -0.581. The number of ether oxygens (including phenoxy) is 3. The minimum absolute atomic E-state index is 0.244. The van der Waals surface area contributed by atoms with E-state index in [-0.39, 0.29) is 19.1 Å². The molecule has 3 aromatic rings. The van der Waals surface area contributed by atoms with E-state index in [1.54, 1.807) is 48.5 Å². The van der Waals surface area contributed by atoms with Crippen molar-refractivity contribution in [3.63, 3.8) is 0 Å². The van der Waals surface area contributed by atoms with E-state index < -0.39 is 5.91 Å². The normalized spacial score (nSPS) is 10.3. The second-order valence-corrected chi connectivity index (χ2v) is 7.31. The van der Waals surface area contributed by atoms with Crippen LogP contribution in [0.5, 0.6) is 17.2 Å². The summed E-state index contributed by atoms with van der Waals surface area (Å²) in [5.74, 6) is 0.587. The molecule has 2 amide bonds. The average Bonchev–Trinajstić information content (AvgIpc) is 2.80. The summed E-state index contributed by atoms with van der Waals surface area (Å²) < 4.78 is 16.4. The number of amides is 2. The molecule has 0 atom stereocenters. The van der Waals surface area contributed by atoms with Crippen molar-refractivity contribution in [2.45, 2.75) is 13.2 Å².